The summed E-state index contributed by atoms with van der Waals surface area (Å²) in [5, 5.41) is 6.46. The van der Waals surface area contributed by atoms with Crippen molar-refractivity contribution in [1.29, 1.82) is 0 Å². The molecule has 2 N–H and O–H groups in total. The molecule has 8 heteroatoms. The maximum Gasteiger partial charge on any atom is 0.251 e. The fourth-order valence-electron chi connectivity index (χ4n) is 3.42. The van der Waals surface area contributed by atoms with Crippen molar-refractivity contribution < 1.29 is 14.0 Å². The van der Waals surface area contributed by atoms with Gasteiger partial charge in [0.1, 0.15) is 5.76 Å². The summed E-state index contributed by atoms with van der Waals surface area (Å²) >= 11 is 1.35. The van der Waals surface area contributed by atoms with E-state index in [0.717, 1.165) is 22.5 Å². The third kappa shape index (κ3) is 5.93. The summed E-state index contributed by atoms with van der Waals surface area (Å²) in [7, 11) is 0. The van der Waals surface area contributed by atoms with E-state index in [1.807, 2.05) is 54.9 Å². The number of amides is 2. The average molecular weight is 461 g/mol. The molecule has 33 heavy (non-hydrogen) atoms. The number of benzene rings is 2. The largest absolute Gasteiger partial charge is 0.467 e. The second-order valence-electron chi connectivity index (χ2n) is 7.60. The average Bonchev–Trinajstić information content (AvgIpc) is 3.47. The van der Waals surface area contributed by atoms with Gasteiger partial charge in [-0.3, -0.25) is 14.2 Å². The van der Waals surface area contributed by atoms with Crippen molar-refractivity contribution in [2.24, 2.45) is 0 Å². The fourth-order valence-corrected chi connectivity index (χ4v) is 4.20. The third-order valence-electron chi connectivity index (χ3n) is 4.86. The van der Waals surface area contributed by atoms with Crippen LogP contribution in [0.1, 0.15) is 27.2 Å². The number of carbonyl (C=O) groups is 2. The molecular weight excluding hydrogens is 436 g/mol. The highest BCUT2D eigenvalue weighted by Gasteiger charge is 2.11. The van der Waals surface area contributed by atoms with Crippen molar-refractivity contribution in [2.45, 2.75) is 25.5 Å². The maximum absolute atomic E-state index is 12.4. The maximum atomic E-state index is 12.4. The predicted octanol–water partition coefficient (Wildman–Crippen LogP) is 4.74. The molecule has 2 aromatic heterocycles. The monoisotopic (exact) mass is 460 g/mol. The van der Waals surface area contributed by atoms with Crippen LogP contribution in [0.5, 0.6) is 0 Å². The zero-order valence-electron chi connectivity index (χ0n) is 18.4. The van der Waals surface area contributed by atoms with E-state index in [1.54, 1.807) is 30.7 Å². The molecule has 0 atom stereocenters. The molecule has 0 fully saturated rings. The third-order valence-corrected chi connectivity index (χ3v) is 5.82. The van der Waals surface area contributed by atoms with Crippen LogP contribution in [0.2, 0.25) is 0 Å². The molecule has 168 valence electrons. The number of aromatic nitrogens is 2. The van der Waals surface area contributed by atoms with Gasteiger partial charge in [-0.05, 0) is 73.5 Å². The van der Waals surface area contributed by atoms with Crippen molar-refractivity contribution in [3.8, 4) is 5.69 Å². The lowest BCUT2D eigenvalue weighted by molar-refractivity contribution is -0.113. The summed E-state index contributed by atoms with van der Waals surface area (Å²) in [4.78, 5) is 29.1. The molecule has 0 bridgehead atoms. The first-order chi connectivity index (χ1) is 16.0. The lowest BCUT2D eigenvalue weighted by atomic mass is 10.1. The van der Waals surface area contributed by atoms with Gasteiger partial charge in [0.05, 0.1) is 18.6 Å². The quantitative estimate of drug-likeness (QED) is 0.371. The van der Waals surface area contributed by atoms with Crippen LogP contribution in [0.25, 0.3) is 5.69 Å². The van der Waals surface area contributed by atoms with Crippen LogP contribution in [0, 0.1) is 13.8 Å². The molecule has 0 aliphatic heterocycles. The van der Waals surface area contributed by atoms with E-state index in [1.165, 1.54) is 11.8 Å². The van der Waals surface area contributed by atoms with E-state index >= 15 is 0 Å². The van der Waals surface area contributed by atoms with E-state index in [9.17, 15) is 9.59 Å². The van der Waals surface area contributed by atoms with Crippen LogP contribution >= 0.6 is 11.8 Å². The number of anilines is 1. The molecule has 0 saturated carbocycles. The smallest absolute Gasteiger partial charge is 0.251 e. The van der Waals surface area contributed by atoms with Gasteiger partial charge >= 0.3 is 0 Å². The first-order valence-electron chi connectivity index (χ1n) is 10.4. The second-order valence-corrected chi connectivity index (χ2v) is 8.54. The summed E-state index contributed by atoms with van der Waals surface area (Å²) in [5.41, 5.74) is 4.40. The van der Waals surface area contributed by atoms with Crippen LogP contribution in [0.4, 0.5) is 5.69 Å². The molecule has 4 rings (SSSR count). The van der Waals surface area contributed by atoms with Gasteiger partial charge in [0.15, 0.2) is 5.16 Å². The first kappa shape index (κ1) is 22.4. The Kier molecular flexibility index (Phi) is 6.95. The number of rotatable bonds is 8. The van der Waals surface area contributed by atoms with Crippen molar-refractivity contribution in [3.63, 3.8) is 0 Å². The highest BCUT2D eigenvalue weighted by Crippen LogP contribution is 2.22. The van der Waals surface area contributed by atoms with Crippen molar-refractivity contribution >= 4 is 29.3 Å². The van der Waals surface area contributed by atoms with Gasteiger partial charge < -0.3 is 15.1 Å². The number of hydrogen-bond donors (Lipinski definition) is 2. The van der Waals surface area contributed by atoms with Gasteiger partial charge in [0.25, 0.3) is 5.91 Å². The van der Waals surface area contributed by atoms with Crippen LogP contribution < -0.4 is 10.6 Å². The van der Waals surface area contributed by atoms with E-state index in [4.69, 9.17) is 4.42 Å². The summed E-state index contributed by atoms with van der Waals surface area (Å²) < 4.78 is 7.12. The van der Waals surface area contributed by atoms with Gasteiger partial charge in [0, 0.05) is 29.3 Å². The van der Waals surface area contributed by atoms with Crippen LogP contribution in [-0.2, 0) is 11.3 Å². The minimum Gasteiger partial charge on any atom is -0.467 e. The SMILES string of the molecule is Cc1cc(C)cc(NC(=O)CSc2nccn2-c2ccc(C(=O)NCc3ccco3)cc2)c1. The van der Waals surface area contributed by atoms with E-state index in [0.29, 0.717) is 23.0 Å². The molecule has 0 radical (unpaired) electrons. The summed E-state index contributed by atoms with van der Waals surface area (Å²) in [6, 6.07) is 16.8. The Labute approximate surface area is 196 Å². The number of furan rings is 1. The molecule has 0 aliphatic rings. The van der Waals surface area contributed by atoms with Gasteiger partial charge in [-0.2, -0.15) is 0 Å². The van der Waals surface area contributed by atoms with Gasteiger partial charge in [0.2, 0.25) is 5.91 Å². The lowest BCUT2D eigenvalue weighted by Crippen LogP contribution is -2.22. The number of nitrogens with one attached hydrogen (secondary N) is 2. The summed E-state index contributed by atoms with van der Waals surface area (Å²) in [6.07, 6.45) is 5.09. The number of thioether (sulfide) groups is 1. The highest BCUT2D eigenvalue weighted by atomic mass is 32.2. The molecule has 2 heterocycles. The zero-order chi connectivity index (χ0) is 23.2. The molecule has 0 spiro atoms. The molecule has 0 aliphatic carbocycles. The standard InChI is InChI=1S/C25H24N4O3S/c1-17-12-18(2)14-20(13-17)28-23(30)16-33-25-26-9-10-29(25)21-7-5-19(6-8-21)24(31)27-15-22-4-3-11-32-22/h3-14H,15-16H2,1-2H3,(H,27,31)(H,28,30). The molecule has 4 aromatic rings. The Morgan fingerprint density at radius 2 is 1.82 bits per heavy atom. The Morgan fingerprint density at radius 1 is 1.06 bits per heavy atom. The van der Waals surface area contributed by atoms with Gasteiger partial charge in [-0.15, -0.1) is 0 Å². The number of nitrogens with zero attached hydrogens (tertiary/aromatic N) is 2. The normalized spacial score (nSPS) is 10.7. The number of imidazole rings is 1. The van der Waals surface area contributed by atoms with Gasteiger partial charge in [-0.1, -0.05) is 17.8 Å². The van der Waals surface area contributed by atoms with Crippen LogP contribution in [0.3, 0.4) is 0 Å². The Hall–Kier alpha value is -3.78. The topological polar surface area (TPSA) is 89.2 Å². The van der Waals surface area contributed by atoms with Gasteiger partial charge in [-0.25, -0.2) is 4.98 Å². The molecular formula is C25H24N4O3S. The second kappa shape index (κ2) is 10.2. The Balaban J connectivity index is 1.35. The van der Waals surface area contributed by atoms with E-state index in [2.05, 4.69) is 21.7 Å². The number of hydrogen-bond acceptors (Lipinski definition) is 5. The molecule has 2 aromatic carbocycles. The Morgan fingerprint density at radius 3 is 2.52 bits per heavy atom. The lowest BCUT2D eigenvalue weighted by Gasteiger charge is -2.10. The van der Waals surface area contributed by atoms with Crippen LogP contribution in [0.15, 0.2) is 82.8 Å². The first-order valence-corrected chi connectivity index (χ1v) is 11.4. The molecule has 0 saturated heterocycles. The zero-order valence-corrected chi connectivity index (χ0v) is 19.2. The number of aryl methyl sites for hydroxylation is 2. The molecule has 7 nitrogen and oxygen atoms in total. The van der Waals surface area contributed by atoms with Crippen LogP contribution in [-0.4, -0.2) is 27.1 Å². The number of carbonyl (C=O) groups excluding carboxylic acids is 2. The summed E-state index contributed by atoms with van der Waals surface area (Å²) in [6.45, 7) is 4.34. The highest BCUT2D eigenvalue weighted by molar-refractivity contribution is 7.99. The fraction of sp³-hybridized carbons (Fsp3) is 0.160. The molecule has 0 unspecified atom stereocenters. The van der Waals surface area contributed by atoms with Crippen molar-refractivity contribution in [2.75, 3.05) is 11.1 Å². The minimum atomic E-state index is -0.179. The minimum absolute atomic E-state index is 0.0943. The van der Waals surface area contributed by atoms with Crippen molar-refractivity contribution in [3.05, 3.63) is 95.7 Å². The van der Waals surface area contributed by atoms with E-state index < -0.39 is 0 Å². The van der Waals surface area contributed by atoms with E-state index in [-0.39, 0.29) is 17.6 Å². The summed E-state index contributed by atoms with van der Waals surface area (Å²) in [5.74, 6) is 0.656. The molecule has 2 amide bonds. The van der Waals surface area contributed by atoms with Crippen molar-refractivity contribution in [1.82, 2.24) is 14.9 Å². The predicted molar refractivity (Wildman–Crippen MR) is 129 cm³/mol. The Bertz CT molecular complexity index is 1230.